The molecule has 3 aromatic heterocycles. The average molecular weight is 628 g/mol. The highest BCUT2D eigenvalue weighted by atomic mass is 16.5. The Morgan fingerprint density at radius 2 is 1.93 bits per heavy atom. The average Bonchev–Trinajstić information content (AvgIpc) is 3.62. The van der Waals surface area contributed by atoms with Crippen molar-refractivity contribution in [3.05, 3.63) is 72.2 Å². The predicted octanol–water partition coefficient (Wildman–Crippen LogP) is 6.23. The van der Waals surface area contributed by atoms with Gasteiger partial charge in [0.2, 0.25) is 0 Å². The van der Waals surface area contributed by atoms with Crippen molar-refractivity contribution in [1.29, 1.82) is 0 Å². The van der Waals surface area contributed by atoms with E-state index in [4.69, 9.17) is 19.0 Å². The van der Waals surface area contributed by atoms with Crippen LogP contribution in [0, 0.1) is 0 Å². The minimum absolute atomic E-state index is 0.0271. The number of ether oxygens (including phenoxy) is 2. The van der Waals surface area contributed by atoms with Crippen LogP contribution in [0.15, 0.2) is 65.3 Å². The topological polar surface area (TPSA) is 154 Å². The van der Waals surface area contributed by atoms with Crippen LogP contribution < -0.4 is 15.5 Å². The lowest BCUT2D eigenvalue weighted by Gasteiger charge is -2.21. The van der Waals surface area contributed by atoms with Gasteiger partial charge in [-0.15, -0.1) is 0 Å². The normalized spacial score (nSPS) is 11.7. The number of hydrogen-bond acceptors (Lipinski definition) is 10. The highest BCUT2D eigenvalue weighted by molar-refractivity contribution is 6.07. The Morgan fingerprint density at radius 3 is 2.70 bits per heavy atom. The van der Waals surface area contributed by atoms with E-state index in [1.165, 1.54) is 12.0 Å². The van der Waals surface area contributed by atoms with E-state index in [1.54, 1.807) is 42.6 Å². The smallest absolute Gasteiger partial charge is 0.412 e. The van der Waals surface area contributed by atoms with Crippen LogP contribution in [0.1, 0.15) is 61.8 Å². The van der Waals surface area contributed by atoms with Gasteiger partial charge in [-0.2, -0.15) is 0 Å². The fourth-order valence-electron chi connectivity index (χ4n) is 5.12. The van der Waals surface area contributed by atoms with E-state index in [-0.39, 0.29) is 30.7 Å². The first-order valence-corrected chi connectivity index (χ1v) is 15.1. The zero-order chi connectivity index (χ0) is 32.6. The maximum absolute atomic E-state index is 13.7. The minimum atomic E-state index is -0.581. The molecule has 0 aliphatic rings. The van der Waals surface area contributed by atoms with Crippen molar-refractivity contribution in [3.63, 3.8) is 0 Å². The van der Waals surface area contributed by atoms with Crippen LogP contribution in [0.4, 0.5) is 22.1 Å². The van der Waals surface area contributed by atoms with Gasteiger partial charge < -0.3 is 23.9 Å². The second-order valence-corrected chi connectivity index (χ2v) is 10.8. The molecule has 0 radical (unpaired) electrons. The molecule has 1 unspecified atom stereocenters. The number of carbonyl (C=O) groups is 3. The van der Waals surface area contributed by atoms with Crippen molar-refractivity contribution in [2.24, 2.45) is 7.05 Å². The Bertz CT molecular complexity index is 1830. The van der Waals surface area contributed by atoms with Gasteiger partial charge in [0.25, 0.3) is 5.91 Å². The summed E-state index contributed by atoms with van der Waals surface area (Å²) < 4.78 is 17.4. The second-order valence-electron chi connectivity index (χ2n) is 10.8. The molecule has 0 saturated carbocycles. The van der Waals surface area contributed by atoms with Crippen LogP contribution in [0.5, 0.6) is 0 Å². The number of nitrogens with one attached hydrogen (secondary N) is 2. The molecule has 5 rings (SSSR count). The van der Waals surface area contributed by atoms with Crippen molar-refractivity contribution in [3.8, 4) is 0 Å². The van der Waals surface area contributed by atoms with Gasteiger partial charge in [0.05, 0.1) is 42.6 Å². The fraction of sp³-hybridized carbons (Fsp3) is 0.333. The zero-order valence-electron chi connectivity index (χ0n) is 26.3. The first-order valence-electron chi connectivity index (χ1n) is 15.1. The predicted molar refractivity (Wildman–Crippen MR) is 174 cm³/mol. The molecule has 240 valence electrons. The molecule has 2 aromatic carbocycles. The third kappa shape index (κ3) is 7.25. The summed E-state index contributed by atoms with van der Waals surface area (Å²) in [6.07, 6.45) is 3.87. The van der Waals surface area contributed by atoms with Crippen molar-refractivity contribution in [1.82, 2.24) is 19.7 Å². The van der Waals surface area contributed by atoms with Gasteiger partial charge in [0.1, 0.15) is 11.6 Å². The molecular weight excluding hydrogens is 590 g/mol. The van der Waals surface area contributed by atoms with Crippen LogP contribution in [-0.2, 0) is 21.3 Å². The quantitative estimate of drug-likeness (QED) is 0.113. The number of anilines is 3. The first-order chi connectivity index (χ1) is 22.3. The van der Waals surface area contributed by atoms with E-state index in [9.17, 15) is 14.4 Å². The Labute approximate surface area is 265 Å². The lowest BCUT2D eigenvalue weighted by molar-refractivity contribution is -0.140. The summed E-state index contributed by atoms with van der Waals surface area (Å²) in [5.41, 5.74) is 3.19. The molecule has 1 atom stereocenters. The molecule has 3 heterocycles. The van der Waals surface area contributed by atoms with Gasteiger partial charge in [0.15, 0.2) is 11.4 Å². The number of carbonyl (C=O) groups excluding carboxylic acids is 3. The van der Waals surface area contributed by atoms with E-state index in [1.807, 2.05) is 36.7 Å². The number of imidazole rings is 1. The maximum Gasteiger partial charge on any atom is 0.412 e. The molecule has 0 saturated heterocycles. The van der Waals surface area contributed by atoms with Crippen LogP contribution in [0.2, 0.25) is 0 Å². The molecule has 2 amide bonds. The van der Waals surface area contributed by atoms with Gasteiger partial charge in [-0.1, -0.05) is 31.0 Å². The van der Waals surface area contributed by atoms with E-state index in [0.29, 0.717) is 34.5 Å². The number of hydrogen-bond donors (Lipinski definition) is 2. The number of rotatable bonds is 13. The van der Waals surface area contributed by atoms with Crippen molar-refractivity contribution in [2.45, 2.75) is 45.6 Å². The molecular formula is C33H37N7O6. The van der Waals surface area contributed by atoms with E-state index in [0.717, 1.165) is 36.3 Å². The van der Waals surface area contributed by atoms with Crippen molar-refractivity contribution >= 4 is 57.3 Å². The van der Waals surface area contributed by atoms with Gasteiger partial charge in [0, 0.05) is 31.0 Å². The van der Waals surface area contributed by atoms with Crippen LogP contribution in [0.25, 0.3) is 22.0 Å². The number of fused-ring (bicyclic) bond motifs is 2. The largest absolute Gasteiger partial charge is 0.469 e. The molecule has 5 aromatic rings. The molecule has 2 N–H and O–H groups in total. The Morgan fingerprint density at radius 1 is 1.09 bits per heavy atom. The Hall–Kier alpha value is -5.46. The summed E-state index contributed by atoms with van der Waals surface area (Å²) in [5, 5.41) is 10.7. The van der Waals surface area contributed by atoms with Gasteiger partial charge in [-0.25, -0.2) is 14.8 Å². The van der Waals surface area contributed by atoms with Crippen LogP contribution in [0.3, 0.4) is 0 Å². The highest BCUT2D eigenvalue weighted by Crippen LogP contribution is 2.29. The van der Waals surface area contributed by atoms with Gasteiger partial charge in [-0.05, 0) is 61.9 Å². The third-order valence-corrected chi connectivity index (χ3v) is 7.54. The molecule has 13 nitrogen and oxygen atoms in total. The SMILES string of the molecule is CCCCCOC(=O)Nc1noc2ccc(NC(C)c3nc4cc(C(=O)N(CCC(=O)OC)c5ccccn5)ccc4n3C)cc12. The molecule has 0 aliphatic heterocycles. The molecule has 0 spiro atoms. The molecule has 0 bridgehead atoms. The zero-order valence-corrected chi connectivity index (χ0v) is 26.3. The second kappa shape index (κ2) is 14.5. The summed E-state index contributed by atoms with van der Waals surface area (Å²) in [5.74, 6) is 0.725. The lowest BCUT2D eigenvalue weighted by atomic mass is 10.1. The lowest BCUT2D eigenvalue weighted by Crippen LogP contribution is -2.33. The summed E-state index contributed by atoms with van der Waals surface area (Å²) in [6, 6.07) is 15.8. The molecule has 0 fully saturated rings. The summed E-state index contributed by atoms with van der Waals surface area (Å²) in [6.45, 7) is 4.52. The Kier molecular flexibility index (Phi) is 10.1. The summed E-state index contributed by atoms with van der Waals surface area (Å²) in [7, 11) is 3.23. The number of methoxy groups -OCH3 is 1. The molecule has 13 heteroatoms. The van der Waals surface area contributed by atoms with E-state index in [2.05, 4.69) is 27.7 Å². The van der Waals surface area contributed by atoms with Crippen LogP contribution in [-0.4, -0.2) is 57.9 Å². The third-order valence-electron chi connectivity index (χ3n) is 7.54. The van der Waals surface area contributed by atoms with E-state index >= 15 is 0 Å². The number of benzene rings is 2. The maximum atomic E-state index is 13.7. The number of aromatic nitrogens is 4. The van der Waals surface area contributed by atoms with Crippen LogP contribution >= 0.6 is 0 Å². The first kappa shape index (κ1) is 31.9. The monoisotopic (exact) mass is 627 g/mol. The summed E-state index contributed by atoms with van der Waals surface area (Å²) in [4.78, 5) is 48.4. The fourth-order valence-corrected chi connectivity index (χ4v) is 5.12. The number of pyridine rings is 1. The molecule has 46 heavy (non-hydrogen) atoms. The standard InChI is InChI=1S/C33H37N7O6/c1-5-6-9-18-45-33(43)37-30-24-20-23(12-14-27(24)46-38-30)35-21(2)31-36-25-19-22(11-13-26(25)39(31)3)32(42)40(17-15-29(41)44-4)28-10-7-8-16-34-28/h7-8,10-14,16,19-21,35H,5-6,9,15,17-18H2,1-4H3,(H,37,38,43). The van der Waals surface area contributed by atoms with E-state index < -0.39 is 12.1 Å². The highest BCUT2D eigenvalue weighted by Gasteiger charge is 2.22. The van der Waals surface area contributed by atoms with Crippen molar-refractivity contribution in [2.75, 3.05) is 35.8 Å². The number of amides is 2. The van der Waals surface area contributed by atoms with Crippen molar-refractivity contribution < 1.29 is 28.4 Å². The number of unbranched alkanes of at least 4 members (excludes halogenated alkanes) is 2. The Balaban J connectivity index is 1.33. The summed E-state index contributed by atoms with van der Waals surface area (Å²) >= 11 is 0. The number of esters is 1. The van der Waals surface area contributed by atoms with Gasteiger partial charge >= 0.3 is 12.1 Å². The molecule has 0 aliphatic carbocycles. The van der Waals surface area contributed by atoms with Gasteiger partial charge in [-0.3, -0.25) is 19.8 Å². The minimum Gasteiger partial charge on any atom is -0.469 e. The number of aryl methyl sites for hydroxylation is 1. The number of nitrogens with zero attached hydrogens (tertiary/aromatic N) is 5.